The van der Waals surface area contributed by atoms with Crippen molar-refractivity contribution in [3.05, 3.63) is 29.3 Å². The molecule has 1 aromatic carbocycles. The van der Waals surface area contributed by atoms with Crippen molar-refractivity contribution in [3.63, 3.8) is 0 Å². The predicted octanol–water partition coefficient (Wildman–Crippen LogP) is 2.63. The van der Waals surface area contributed by atoms with Crippen LogP contribution in [-0.4, -0.2) is 12.8 Å². The van der Waals surface area contributed by atoms with Gasteiger partial charge < -0.3 is 5.32 Å². The van der Waals surface area contributed by atoms with Crippen LogP contribution in [0.25, 0.3) is 0 Å². The maximum absolute atomic E-state index is 11.3. The molecule has 0 aliphatic heterocycles. The van der Waals surface area contributed by atoms with E-state index in [0.29, 0.717) is 6.42 Å². The number of rotatable bonds is 3. The maximum Gasteiger partial charge on any atom is 0.162 e. The predicted molar refractivity (Wildman–Crippen MR) is 55.3 cm³/mol. The number of carbonyl (C=O) groups excluding carboxylic acids is 1. The molecule has 0 saturated carbocycles. The lowest BCUT2D eigenvalue weighted by molar-refractivity contribution is 0.0988. The summed E-state index contributed by atoms with van der Waals surface area (Å²) < 4.78 is 0. The van der Waals surface area contributed by atoms with Crippen LogP contribution >= 0.6 is 0 Å². The van der Waals surface area contributed by atoms with Crippen molar-refractivity contribution in [1.29, 1.82) is 0 Å². The molecule has 2 nitrogen and oxygen atoms in total. The fourth-order valence-corrected chi connectivity index (χ4v) is 1.32. The zero-order valence-corrected chi connectivity index (χ0v) is 8.35. The third-order valence-corrected chi connectivity index (χ3v) is 2.14. The molecule has 0 aliphatic rings. The molecule has 0 fully saturated rings. The van der Waals surface area contributed by atoms with Crippen LogP contribution in [0.4, 0.5) is 5.69 Å². The Labute approximate surface area is 79.0 Å². The van der Waals surface area contributed by atoms with Gasteiger partial charge in [-0.05, 0) is 30.7 Å². The summed E-state index contributed by atoms with van der Waals surface area (Å²) in [4.78, 5) is 11.3. The van der Waals surface area contributed by atoms with Gasteiger partial charge in [-0.25, -0.2) is 0 Å². The molecular formula is C11H15NO. The number of aryl methyl sites for hydroxylation is 1. The summed E-state index contributed by atoms with van der Waals surface area (Å²) in [7, 11) is 1.88. The van der Waals surface area contributed by atoms with Gasteiger partial charge in [0.2, 0.25) is 0 Å². The van der Waals surface area contributed by atoms with Gasteiger partial charge in [-0.1, -0.05) is 6.92 Å². The maximum atomic E-state index is 11.3. The highest BCUT2D eigenvalue weighted by molar-refractivity contribution is 5.96. The van der Waals surface area contributed by atoms with Crippen molar-refractivity contribution in [1.82, 2.24) is 0 Å². The lowest BCUT2D eigenvalue weighted by Crippen LogP contribution is -1.99. The van der Waals surface area contributed by atoms with E-state index in [1.54, 1.807) is 0 Å². The van der Waals surface area contributed by atoms with E-state index in [1.807, 2.05) is 39.1 Å². The van der Waals surface area contributed by atoms with Crippen LogP contribution < -0.4 is 5.32 Å². The first-order chi connectivity index (χ1) is 6.19. The lowest BCUT2D eigenvalue weighted by atomic mass is 10.1. The summed E-state index contributed by atoms with van der Waals surface area (Å²) in [5.41, 5.74) is 2.99. The Kier molecular flexibility index (Phi) is 3.07. The van der Waals surface area contributed by atoms with Gasteiger partial charge in [0.1, 0.15) is 0 Å². The molecule has 1 rings (SSSR count). The average molecular weight is 177 g/mol. The minimum Gasteiger partial charge on any atom is -0.388 e. The number of hydrogen-bond acceptors (Lipinski definition) is 2. The van der Waals surface area contributed by atoms with Crippen molar-refractivity contribution in [2.75, 3.05) is 12.4 Å². The van der Waals surface area contributed by atoms with Gasteiger partial charge in [0.25, 0.3) is 0 Å². The lowest BCUT2D eigenvalue weighted by Gasteiger charge is -2.06. The van der Waals surface area contributed by atoms with Crippen molar-refractivity contribution < 1.29 is 4.79 Å². The highest BCUT2D eigenvalue weighted by Gasteiger charge is 2.04. The molecular weight excluding hydrogens is 162 g/mol. The number of hydrogen-bond donors (Lipinski definition) is 1. The fraction of sp³-hybridized carbons (Fsp3) is 0.364. The molecule has 0 saturated heterocycles. The van der Waals surface area contributed by atoms with Crippen LogP contribution in [0.5, 0.6) is 0 Å². The van der Waals surface area contributed by atoms with Gasteiger partial charge in [0, 0.05) is 24.7 Å². The molecule has 0 bridgehead atoms. The summed E-state index contributed by atoms with van der Waals surface area (Å²) in [5.74, 6) is 0.200. The summed E-state index contributed by atoms with van der Waals surface area (Å²) in [5, 5.41) is 3.07. The molecule has 0 aliphatic carbocycles. The van der Waals surface area contributed by atoms with E-state index in [4.69, 9.17) is 0 Å². The average Bonchev–Trinajstić information content (AvgIpc) is 2.16. The molecule has 1 aromatic rings. The molecule has 0 atom stereocenters. The normalized spacial score (nSPS) is 9.77. The first-order valence-corrected chi connectivity index (χ1v) is 4.50. The summed E-state index contributed by atoms with van der Waals surface area (Å²) in [6.45, 7) is 3.88. The Hall–Kier alpha value is -1.31. The molecule has 1 N–H and O–H groups in total. The van der Waals surface area contributed by atoms with Gasteiger partial charge in [0.15, 0.2) is 5.78 Å². The standard InChI is InChI=1S/C11H15NO/c1-4-11(13)9-5-6-10(12-3)8(2)7-9/h5-7,12H,4H2,1-3H3. The van der Waals surface area contributed by atoms with Crippen LogP contribution in [0, 0.1) is 6.92 Å². The van der Waals surface area contributed by atoms with Crippen LogP contribution in [0.15, 0.2) is 18.2 Å². The zero-order valence-electron chi connectivity index (χ0n) is 8.35. The molecule has 0 heterocycles. The van der Waals surface area contributed by atoms with E-state index in [0.717, 1.165) is 16.8 Å². The van der Waals surface area contributed by atoms with E-state index in [1.165, 1.54) is 0 Å². The summed E-state index contributed by atoms with van der Waals surface area (Å²) in [6, 6.07) is 5.74. The third-order valence-electron chi connectivity index (χ3n) is 2.14. The topological polar surface area (TPSA) is 29.1 Å². The molecule has 0 aromatic heterocycles. The van der Waals surface area contributed by atoms with E-state index in [-0.39, 0.29) is 5.78 Å². The van der Waals surface area contributed by atoms with Crippen molar-refractivity contribution in [2.24, 2.45) is 0 Å². The number of carbonyl (C=O) groups is 1. The largest absolute Gasteiger partial charge is 0.388 e. The van der Waals surface area contributed by atoms with E-state index >= 15 is 0 Å². The highest BCUT2D eigenvalue weighted by Crippen LogP contribution is 2.16. The molecule has 2 heteroatoms. The zero-order chi connectivity index (χ0) is 9.84. The highest BCUT2D eigenvalue weighted by atomic mass is 16.1. The number of nitrogens with one attached hydrogen (secondary N) is 1. The quantitative estimate of drug-likeness (QED) is 0.719. The van der Waals surface area contributed by atoms with Crippen LogP contribution in [0.2, 0.25) is 0 Å². The second kappa shape index (κ2) is 4.08. The molecule has 0 amide bonds. The van der Waals surface area contributed by atoms with Gasteiger partial charge in [-0.15, -0.1) is 0 Å². The van der Waals surface area contributed by atoms with Crippen LogP contribution in [-0.2, 0) is 0 Å². The van der Waals surface area contributed by atoms with Gasteiger partial charge in [-0.2, -0.15) is 0 Å². The Morgan fingerprint density at radius 3 is 2.62 bits per heavy atom. The van der Waals surface area contributed by atoms with Crippen molar-refractivity contribution in [3.8, 4) is 0 Å². The Balaban J connectivity index is 3.02. The minimum atomic E-state index is 0.200. The van der Waals surface area contributed by atoms with E-state index in [2.05, 4.69) is 5.32 Å². The fourth-order valence-electron chi connectivity index (χ4n) is 1.32. The number of benzene rings is 1. The second-order valence-corrected chi connectivity index (χ2v) is 3.06. The summed E-state index contributed by atoms with van der Waals surface area (Å²) in [6.07, 6.45) is 0.568. The molecule has 0 unspecified atom stereocenters. The molecule has 70 valence electrons. The second-order valence-electron chi connectivity index (χ2n) is 3.06. The Morgan fingerprint density at radius 2 is 2.15 bits per heavy atom. The Morgan fingerprint density at radius 1 is 1.46 bits per heavy atom. The molecule has 0 spiro atoms. The number of Topliss-reactive ketones (excluding diaryl/α,β-unsaturated/α-hetero) is 1. The number of ketones is 1. The first-order valence-electron chi connectivity index (χ1n) is 4.50. The van der Waals surface area contributed by atoms with Crippen molar-refractivity contribution >= 4 is 11.5 Å². The number of anilines is 1. The SMILES string of the molecule is CCC(=O)c1ccc(NC)c(C)c1. The monoisotopic (exact) mass is 177 g/mol. The Bertz CT molecular complexity index is 318. The minimum absolute atomic E-state index is 0.200. The first kappa shape index (κ1) is 9.78. The van der Waals surface area contributed by atoms with E-state index < -0.39 is 0 Å². The smallest absolute Gasteiger partial charge is 0.162 e. The molecule has 13 heavy (non-hydrogen) atoms. The molecule has 0 radical (unpaired) electrons. The van der Waals surface area contributed by atoms with Gasteiger partial charge in [-0.3, -0.25) is 4.79 Å². The van der Waals surface area contributed by atoms with E-state index in [9.17, 15) is 4.79 Å². The van der Waals surface area contributed by atoms with Crippen LogP contribution in [0.1, 0.15) is 29.3 Å². The summed E-state index contributed by atoms with van der Waals surface area (Å²) >= 11 is 0. The van der Waals surface area contributed by atoms with Gasteiger partial charge in [0.05, 0.1) is 0 Å². The third kappa shape index (κ3) is 2.08. The van der Waals surface area contributed by atoms with Gasteiger partial charge >= 0.3 is 0 Å². The van der Waals surface area contributed by atoms with Crippen molar-refractivity contribution in [2.45, 2.75) is 20.3 Å². The van der Waals surface area contributed by atoms with Crippen LogP contribution in [0.3, 0.4) is 0 Å².